The maximum Gasteiger partial charge on any atom is 0.256 e. The Bertz CT molecular complexity index is 431. The van der Waals surface area contributed by atoms with Crippen LogP contribution in [0, 0.1) is 12.7 Å². The molecule has 5 heteroatoms. The number of halogens is 2. The van der Waals surface area contributed by atoms with Crippen LogP contribution in [0.25, 0.3) is 0 Å². The Morgan fingerprint density at radius 1 is 1.39 bits per heavy atom. The fourth-order valence-corrected chi connectivity index (χ4v) is 2.08. The van der Waals surface area contributed by atoms with Crippen LogP contribution in [0.15, 0.2) is 18.2 Å². The summed E-state index contributed by atoms with van der Waals surface area (Å²) in [7, 11) is 0. The van der Waals surface area contributed by atoms with Crippen LogP contribution in [-0.4, -0.2) is 29.9 Å². The van der Waals surface area contributed by atoms with Crippen molar-refractivity contribution in [3.05, 3.63) is 35.1 Å². The molecule has 1 aromatic rings. The van der Waals surface area contributed by atoms with Gasteiger partial charge in [-0.2, -0.15) is 0 Å². The van der Waals surface area contributed by atoms with Gasteiger partial charge in [-0.05, 0) is 31.9 Å². The molecule has 1 aliphatic rings. The number of rotatable bonds is 1. The molecule has 18 heavy (non-hydrogen) atoms. The van der Waals surface area contributed by atoms with E-state index in [1.54, 1.807) is 17.0 Å². The molecule has 0 bridgehead atoms. The molecule has 1 amide bonds. The smallest absolute Gasteiger partial charge is 0.256 e. The predicted octanol–water partition coefficient (Wildman–Crippen LogP) is 2.12. The molecule has 1 aromatic carbocycles. The molecule has 0 aliphatic carbocycles. The van der Waals surface area contributed by atoms with Crippen LogP contribution >= 0.6 is 12.4 Å². The Labute approximate surface area is 113 Å². The molecule has 1 saturated heterocycles. The summed E-state index contributed by atoms with van der Waals surface area (Å²) in [6.07, 6.45) is 1.58. The largest absolute Gasteiger partial charge is 0.338 e. The van der Waals surface area contributed by atoms with Crippen molar-refractivity contribution in [1.29, 1.82) is 0 Å². The molecule has 1 aliphatic heterocycles. The Balaban J connectivity index is 0.00000162. The molecule has 2 N–H and O–H groups in total. The van der Waals surface area contributed by atoms with Crippen LogP contribution < -0.4 is 5.73 Å². The van der Waals surface area contributed by atoms with Gasteiger partial charge in [0.25, 0.3) is 5.91 Å². The van der Waals surface area contributed by atoms with Crippen molar-refractivity contribution in [2.75, 3.05) is 13.1 Å². The van der Waals surface area contributed by atoms with E-state index in [9.17, 15) is 9.18 Å². The van der Waals surface area contributed by atoms with Crippen molar-refractivity contribution < 1.29 is 9.18 Å². The molecule has 0 spiro atoms. The maximum atomic E-state index is 13.6. The van der Waals surface area contributed by atoms with Gasteiger partial charge in [0, 0.05) is 19.1 Å². The molecular formula is C13H18ClFN2O. The minimum Gasteiger partial charge on any atom is -0.338 e. The van der Waals surface area contributed by atoms with Gasteiger partial charge in [0.1, 0.15) is 5.82 Å². The zero-order valence-corrected chi connectivity index (χ0v) is 11.2. The highest BCUT2D eigenvalue weighted by molar-refractivity contribution is 5.94. The lowest BCUT2D eigenvalue weighted by molar-refractivity contribution is 0.0710. The Morgan fingerprint density at radius 3 is 2.61 bits per heavy atom. The second kappa shape index (κ2) is 6.16. The molecule has 1 heterocycles. The minimum atomic E-state index is -0.449. The van der Waals surface area contributed by atoms with E-state index in [4.69, 9.17) is 5.73 Å². The van der Waals surface area contributed by atoms with Gasteiger partial charge in [0.05, 0.1) is 5.56 Å². The number of benzene rings is 1. The average molecular weight is 273 g/mol. The summed E-state index contributed by atoms with van der Waals surface area (Å²) in [5, 5.41) is 0. The Morgan fingerprint density at radius 2 is 2.00 bits per heavy atom. The highest BCUT2D eigenvalue weighted by Gasteiger charge is 2.23. The monoisotopic (exact) mass is 272 g/mol. The van der Waals surface area contributed by atoms with Gasteiger partial charge in [-0.1, -0.05) is 11.6 Å². The van der Waals surface area contributed by atoms with Gasteiger partial charge in [-0.25, -0.2) is 4.39 Å². The average Bonchev–Trinajstić information content (AvgIpc) is 2.32. The first-order valence-corrected chi connectivity index (χ1v) is 5.89. The number of carbonyl (C=O) groups is 1. The van der Waals surface area contributed by atoms with Crippen LogP contribution in [0.4, 0.5) is 4.39 Å². The number of hydrogen-bond donors (Lipinski definition) is 1. The quantitative estimate of drug-likeness (QED) is 0.851. The first-order valence-electron chi connectivity index (χ1n) is 5.89. The molecule has 100 valence electrons. The lowest BCUT2D eigenvalue weighted by Crippen LogP contribution is -2.43. The number of nitrogens with zero attached hydrogens (tertiary/aromatic N) is 1. The molecular weight excluding hydrogens is 255 g/mol. The lowest BCUT2D eigenvalue weighted by Gasteiger charge is -2.30. The van der Waals surface area contributed by atoms with E-state index in [2.05, 4.69) is 0 Å². The first kappa shape index (κ1) is 14.9. The molecule has 0 saturated carbocycles. The van der Waals surface area contributed by atoms with Gasteiger partial charge >= 0.3 is 0 Å². The van der Waals surface area contributed by atoms with Crippen LogP contribution in [0.2, 0.25) is 0 Å². The number of nitrogens with two attached hydrogens (primary N) is 1. The zero-order valence-electron chi connectivity index (χ0n) is 10.4. The molecule has 0 atom stereocenters. The van der Waals surface area contributed by atoms with Crippen molar-refractivity contribution in [3.63, 3.8) is 0 Å². The van der Waals surface area contributed by atoms with E-state index in [0.717, 1.165) is 18.4 Å². The normalized spacial score (nSPS) is 16.3. The molecule has 1 fully saturated rings. The first-order chi connectivity index (χ1) is 8.08. The molecule has 0 unspecified atom stereocenters. The summed E-state index contributed by atoms with van der Waals surface area (Å²) in [5.74, 6) is -0.673. The summed E-state index contributed by atoms with van der Waals surface area (Å²) in [6, 6.07) is 4.78. The standard InChI is InChI=1S/C13H17FN2O.ClH/c1-9-2-3-12(14)11(8-9)13(17)16-6-4-10(15)5-7-16;/h2-3,8,10H,4-7,15H2,1H3;1H. The summed E-state index contributed by atoms with van der Waals surface area (Å²) in [5.41, 5.74) is 6.84. The van der Waals surface area contributed by atoms with Crippen molar-refractivity contribution in [3.8, 4) is 0 Å². The summed E-state index contributed by atoms with van der Waals surface area (Å²) < 4.78 is 13.6. The van der Waals surface area contributed by atoms with E-state index >= 15 is 0 Å². The van der Waals surface area contributed by atoms with E-state index in [-0.39, 0.29) is 29.9 Å². The van der Waals surface area contributed by atoms with Crippen LogP contribution in [0.5, 0.6) is 0 Å². The van der Waals surface area contributed by atoms with Crippen LogP contribution in [0.1, 0.15) is 28.8 Å². The van der Waals surface area contributed by atoms with Crippen molar-refractivity contribution in [1.82, 2.24) is 4.90 Å². The highest BCUT2D eigenvalue weighted by atomic mass is 35.5. The number of likely N-dealkylation sites (tertiary alicyclic amines) is 1. The van der Waals surface area contributed by atoms with E-state index < -0.39 is 5.82 Å². The molecule has 3 nitrogen and oxygen atoms in total. The highest BCUT2D eigenvalue weighted by Crippen LogP contribution is 2.16. The van der Waals surface area contributed by atoms with Gasteiger partial charge in [0.2, 0.25) is 0 Å². The number of piperidine rings is 1. The molecule has 0 radical (unpaired) electrons. The Hall–Kier alpha value is -1.13. The van der Waals surface area contributed by atoms with Gasteiger partial charge < -0.3 is 10.6 Å². The van der Waals surface area contributed by atoms with E-state index in [0.29, 0.717) is 13.1 Å². The van der Waals surface area contributed by atoms with Crippen LogP contribution in [-0.2, 0) is 0 Å². The SMILES string of the molecule is Cc1ccc(F)c(C(=O)N2CCC(N)CC2)c1.Cl. The summed E-state index contributed by atoms with van der Waals surface area (Å²) >= 11 is 0. The third kappa shape index (κ3) is 3.21. The number of hydrogen-bond acceptors (Lipinski definition) is 2. The van der Waals surface area contributed by atoms with Gasteiger partial charge in [-0.3, -0.25) is 4.79 Å². The summed E-state index contributed by atoms with van der Waals surface area (Å²) in [6.45, 7) is 3.09. The third-order valence-electron chi connectivity index (χ3n) is 3.18. The predicted molar refractivity (Wildman–Crippen MR) is 71.5 cm³/mol. The maximum absolute atomic E-state index is 13.6. The minimum absolute atomic E-state index is 0. The molecule has 2 rings (SSSR count). The van der Waals surface area contributed by atoms with Crippen molar-refractivity contribution in [2.45, 2.75) is 25.8 Å². The van der Waals surface area contributed by atoms with Crippen molar-refractivity contribution in [2.24, 2.45) is 5.73 Å². The van der Waals surface area contributed by atoms with E-state index in [1.807, 2.05) is 6.92 Å². The lowest BCUT2D eigenvalue weighted by atomic mass is 10.0. The van der Waals surface area contributed by atoms with Crippen molar-refractivity contribution >= 4 is 18.3 Å². The second-order valence-electron chi connectivity index (χ2n) is 4.61. The molecule has 0 aromatic heterocycles. The zero-order chi connectivity index (χ0) is 12.4. The van der Waals surface area contributed by atoms with Crippen LogP contribution in [0.3, 0.4) is 0 Å². The topological polar surface area (TPSA) is 46.3 Å². The second-order valence-corrected chi connectivity index (χ2v) is 4.61. The Kier molecular flexibility index (Phi) is 5.11. The fraction of sp³-hybridized carbons (Fsp3) is 0.462. The fourth-order valence-electron chi connectivity index (χ4n) is 2.08. The van der Waals surface area contributed by atoms with Gasteiger partial charge in [0.15, 0.2) is 0 Å². The summed E-state index contributed by atoms with van der Waals surface area (Å²) in [4.78, 5) is 13.8. The third-order valence-corrected chi connectivity index (χ3v) is 3.18. The number of carbonyl (C=O) groups excluding carboxylic acids is 1. The number of amides is 1. The number of aryl methyl sites for hydroxylation is 1. The van der Waals surface area contributed by atoms with Gasteiger partial charge in [-0.15, -0.1) is 12.4 Å². The van der Waals surface area contributed by atoms with E-state index in [1.165, 1.54) is 6.07 Å².